The number of carbonyl (C=O) groups is 2. The van der Waals surface area contributed by atoms with Crippen molar-refractivity contribution >= 4 is 29.1 Å². The number of amides is 2. The van der Waals surface area contributed by atoms with Gasteiger partial charge in [0.2, 0.25) is 11.9 Å². The van der Waals surface area contributed by atoms with Crippen LogP contribution in [-0.2, 0) is 22.4 Å². The first-order valence-corrected chi connectivity index (χ1v) is 9.75. The molecular formula is C20H22N4O3S. The van der Waals surface area contributed by atoms with Gasteiger partial charge in [-0.1, -0.05) is 36.4 Å². The van der Waals surface area contributed by atoms with Crippen molar-refractivity contribution < 1.29 is 14.7 Å². The molecule has 1 aromatic carbocycles. The highest BCUT2D eigenvalue weighted by molar-refractivity contribution is 7.10. The average molecular weight is 398 g/mol. The van der Waals surface area contributed by atoms with E-state index in [2.05, 4.69) is 20.6 Å². The van der Waals surface area contributed by atoms with Crippen LogP contribution in [0.3, 0.4) is 0 Å². The number of anilines is 1. The van der Waals surface area contributed by atoms with E-state index in [4.69, 9.17) is 0 Å². The summed E-state index contributed by atoms with van der Waals surface area (Å²) in [5.74, 6) is -0.624. The zero-order chi connectivity index (χ0) is 19.9. The summed E-state index contributed by atoms with van der Waals surface area (Å²) >= 11 is 1.49. The van der Waals surface area contributed by atoms with E-state index in [-0.39, 0.29) is 18.3 Å². The Morgan fingerprint density at radius 2 is 2.00 bits per heavy atom. The summed E-state index contributed by atoms with van der Waals surface area (Å²) in [5.41, 5.74) is 1.69. The second kappa shape index (κ2) is 9.29. The Hall–Kier alpha value is -2.97. The quantitative estimate of drug-likeness (QED) is 0.466. The maximum Gasteiger partial charge on any atom is 0.257 e. The third-order valence-electron chi connectivity index (χ3n) is 4.15. The van der Waals surface area contributed by atoms with Gasteiger partial charge in [-0.05, 0) is 30.4 Å². The maximum absolute atomic E-state index is 12.5. The molecule has 146 valence electrons. The molecule has 0 aliphatic carbocycles. The zero-order valence-electron chi connectivity index (χ0n) is 15.4. The average Bonchev–Trinajstić information content (AvgIpc) is 3.33. The van der Waals surface area contributed by atoms with Gasteiger partial charge in [0.25, 0.3) is 5.91 Å². The van der Waals surface area contributed by atoms with E-state index in [1.54, 1.807) is 6.20 Å². The van der Waals surface area contributed by atoms with E-state index in [0.29, 0.717) is 6.42 Å². The Kier molecular flexibility index (Phi) is 6.57. The molecule has 0 unspecified atom stereocenters. The summed E-state index contributed by atoms with van der Waals surface area (Å²) in [6, 6.07) is 12.4. The molecule has 28 heavy (non-hydrogen) atoms. The number of imidazole rings is 1. The first-order valence-electron chi connectivity index (χ1n) is 8.87. The van der Waals surface area contributed by atoms with Crippen LogP contribution in [0.4, 0.5) is 5.95 Å². The number of benzene rings is 1. The van der Waals surface area contributed by atoms with E-state index in [9.17, 15) is 14.7 Å². The van der Waals surface area contributed by atoms with Crippen molar-refractivity contribution in [3.05, 3.63) is 70.2 Å². The smallest absolute Gasteiger partial charge is 0.257 e. The van der Waals surface area contributed by atoms with E-state index < -0.39 is 18.1 Å². The van der Waals surface area contributed by atoms with E-state index in [1.165, 1.54) is 11.3 Å². The molecule has 2 heterocycles. The summed E-state index contributed by atoms with van der Waals surface area (Å²) in [6.07, 6.45) is 0.668. The van der Waals surface area contributed by atoms with Gasteiger partial charge >= 0.3 is 0 Å². The summed E-state index contributed by atoms with van der Waals surface area (Å²) in [7, 11) is 0. The number of aliphatic hydroxyl groups is 1. The number of H-pyrrole nitrogens is 1. The van der Waals surface area contributed by atoms with Gasteiger partial charge in [-0.3, -0.25) is 14.9 Å². The Balaban J connectivity index is 1.70. The molecule has 3 aromatic rings. The van der Waals surface area contributed by atoms with Crippen LogP contribution in [-0.4, -0.2) is 39.0 Å². The number of aromatic nitrogens is 2. The number of rotatable bonds is 8. The molecule has 3 rings (SSSR count). The summed E-state index contributed by atoms with van der Waals surface area (Å²) < 4.78 is 0. The summed E-state index contributed by atoms with van der Waals surface area (Å²) in [4.78, 5) is 32.7. The van der Waals surface area contributed by atoms with Crippen molar-refractivity contribution in [1.82, 2.24) is 15.3 Å². The van der Waals surface area contributed by atoms with Crippen molar-refractivity contribution in [3.8, 4) is 0 Å². The Labute approximate surface area is 166 Å². The van der Waals surface area contributed by atoms with E-state index >= 15 is 0 Å². The first-order chi connectivity index (χ1) is 13.5. The third-order valence-corrected chi connectivity index (χ3v) is 5.03. The molecule has 0 radical (unpaired) electrons. The molecule has 7 nitrogen and oxygen atoms in total. The molecular weight excluding hydrogens is 376 g/mol. The SMILES string of the molecule is Cc1cnc(NC(=O)[C@H](O)[C@H](Cc2ccccc2)NC(=O)Cc2cccs2)[nH]1. The fourth-order valence-electron chi connectivity index (χ4n) is 2.79. The topological polar surface area (TPSA) is 107 Å². The lowest BCUT2D eigenvalue weighted by molar-refractivity contribution is -0.127. The lowest BCUT2D eigenvalue weighted by Gasteiger charge is -2.23. The van der Waals surface area contributed by atoms with Gasteiger partial charge in [-0.25, -0.2) is 4.98 Å². The number of nitrogens with zero attached hydrogens (tertiary/aromatic N) is 1. The normalized spacial score (nSPS) is 12.9. The number of aryl methyl sites for hydroxylation is 1. The fraction of sp³-hybridized carbons (Fsp3) is 0.250. The maximum atomic E-state index is 12.5. The van der Waals surface area contributed by atoms with Crippen molar-refractivity contribution in [3.63, 3.8) is 0 Å². The highest BCUT2D eigenvalue weighted by Crippen LogP contribution is 2.12. The van der Waals surface area contributed by atoms with Crippen molar-refractivity contribution in [1.29, 1.82) is 0 Å². The molecule has 0 fully saturated rings. The summed E-state index contributed by atoms with van der Waals surface area (Å²) in [5, 5.41) is 17.9. The van der Waals surface area contributed by atoms with Gasteiger partial charge in [-0.2, -0.15) is 0 Å². The minimum atomic E-state index is -1.43. The molecule has 0 saturated heterocycles. The molecule has 2 amide bonds. The molecule has 0 aliphatic rings. The molecule has 0 saturated carbocycles. The van der Waals surface area contributed by atoms with Gasteiger partial charge in [0.15, 0.2) is 6.10 Å². The highest BCUT2D eigenvalue weighted by atomic mass is 32.1. The monoisotopic (exact) mass is 398 g/mol. The molecule has 2 atom stereocenters. The third kappa shape index (κ3) is 5.51. The number of hydrogen-bond acceptors (Lipinski definition) is 5. The molecule has 0 aliphatic heterocycles. The van der Waals surface area contributed by atoms with Gasteiger partial charge in [0.1, 0.15) is 0 Å². The largest absolute Gasteiger partial charge is 0.381 e. The second-order valence-electron chi connectivity index (χ2n) is 6.47. The Bertz CT molecular complexity index is 909. The number of aromatic amines is 1. The van der Waals surface area contributed by atoms with Crippen LogP contribution >= 0.6 is 11.3 Å². The van der Waals surface area contributed by atoms with E-state index in [0.717, 1.165) is 16.1 Å². The van der Waals surface area contributed by atoms with Crippen LogP contribution in [0.2, 0.25) is 0 Å². The minimum absolute atomic E-state index is 0.203. The lowest BCUT2D eigenvalue weighted by atomic mass is 10.0. The van der Waals surface area contributed by atoms with Crippen LogP contribution in [0.25, 0.3) is 0 Å². The van der Waals surface area contributed by atoms with Crippen LogP contribution in [0.1, 0.15) is 16.1 Å². The van der Waals surface area contributed by atoms with Crippen molar-refractivity contribution in [2.75, 3.05) is 5.32 Å². The number of aliphatic hydroxyl groups excluding tert-OH is 1. The fourth-order valence-corrected chi connectivity index (χ4v) is 3.49. The number of thiophene rings is 1. The van der Waals surface area contributed by atoms with Crippen molar-refractivity contribution in [2.45, 2.75) is 31.9 Å². The predicted octanol–water partition coefficient (Wildman–Crippen LogP) is 2.05. The van der Waals surface area contributed by atoms with Gasteiger partial charge < -0.3 is 15.4 Å². The van der Waals surface area contributed by atoms with Crippen LogP contribution in [0.15, 0.2) is 54.0 Å². The standard InChI is InChI=1S/C20H22N4O3S/c1-13-12-21-20(22-13)24-19(27)18(26)16(10-14-6-3-2-4-7-14)23-17(25)11-15-8-5-9-28-15/h2-9,12,16,18,26H,10-11H2,1H3,(H,23,25)(H2,21,22,24,27)/t16-,18+/m0/s1. The first kappa shape index (κ1) is 19.8. The minimum Gasteiger partial charge on any atom is -0.381 e. The van der Waals surface area contributed by atoms with Crippen molar-refractivity contribution in [2.24, 2.45) is 0 Å². The van der Waals surface area contributed by atoms with Crippen LogP contribution in [0.5, 0.6) is 0 Å². The zero-order valence-corrected chi connectivity index (χ0v) is 16.2. The number of hydrogen-bond donors (Lipinski definition) is 4. The predicted molar refractivity (Wildman–Crippen MR) is 108 cm³/mol. The van der Waals surface area contributed by atoms with Gasteiger partial charge in [0, 0.05) is 16.8 Å². The van der Waals surface area contributed by atoms with Gasteiger partial charge in [-0.15, -0.1) is 11.3 Å². The molecule has 0 spiro atoms. The lowest BCUT2D eigenvalue weighted by Crippen LogP contribution is -2.50. The summed E-state index contributed by atoms with van der Waals surface area (Å²) in [6.45, 7) is 1.81. The van der Waals surface area contributed by atoms with Crippen LogP contribution in [0, 0.1) is 6.92 Å². The molecule has 8 heteroatoms. The number of carbonyl (C=O) groups excluding carboxylic acids is 2. The Morgan fingerprint density at radius 3 is 2.64 bits per heavy atom. The number of nitrogens with one attached hydrogen (secondary N) is 3. The molecule has 2 aromatic heterocycles. The van der Waals surface area contributed by atoms with Crippen LogP contribution < -0.4 is 10.6 Å². The van der Waals surface area contributed by atoms with E-state index in [1.807, 2.05) is 54.8 Å². The second-order valence-corrected chi connectivity index (χ2v) is 7.50. The van der Waals surface area contributed by atoms with Gasteiger partial charge in [0.05, 0.1) is 12.5 Å². The molecule has 4 N–H and O–H groups in total. The molecule has 0 bridgehead atoms. The highest BCUT2D eigenvalue weighted by Gasteiger charge is 2.28. The Morgan fingerprint density at radius 1 is 1.21 bits per heavy atom.